The number of carbonyl (C=O) groups is 2. The molecule has 0 bridgehead atoms. The van der Waals surface area contributed by atoms with E-state index in [1.54, 1.807) is 4.90 Å². The molecule has 6 heteroatoms. The van der Waals surface area contributed by atoms with Gasteiger partial charge in [0.25, 0.3) is 0 Å². The minimum Gasteiger partial charge on any atom is -0.370 e. The Morgan fingerprint density at radius 1 is 1.35 bits per heavy atom. The van der Waals surface area contributed by atoms with E-state index >= 15 is 0 Å². The first-order chi connectivity index (χ1) is 9.58. The highest BCUT2D eigenvalue weighted by atomic mass is 16.5. The lowest BCUT2D eigenvalue weighted by Crippen LogP contribution is -2.50. The van der Waals surface area contributed by atoms with Crippen LogP contribution >= 0.6 is 0 Å². The van der Waals surface area contributed by atoms with Crippen molar-refractivity contribution in [2.45, 2.75) is 18.6 Å². The number of amides is 2. The fourth-order valence-corrected chi connectivity index (χ4v) is 2.26. The third kappa shape index (κ3) is 3.55. The van der Waals surface area contributed by atoms with Gasteiger partial charge in [0, 0.05) is 6.54 Å². The number of nitrogens with two attached hydrogens (primary N) is 2. The Morgan fingerprint density at radius 2 is 2.05 bits per heavy atom. The number of benzene rings is 1. The molecule has 2 unspecified atom stereocenters. The lowest BCUT2D eigenvalue weighted by molar-refractivity contribution is -0.141. The van der Waals surface area contributed by atoms with Crippen LogP contribution in [0.15, 0.2) is 30.3 Å². The molecule has 1 fully saturated rings. The summed E-state index contributed by atoms with van der Waals surface area (Å²) in [5.74, 6) is -0.827. The molecule has 1 aromatic carbocycles. The topological polar surface area (TPSA) is 98.7 Å². The van der Waals surface area contributed by atoms with E-state index in [1.165, 1.54) is 0 Å². The zero-order valence-corrected chi connectivity index (χ0v) is 11.2. The van der Waals surface area contributed by atoms with Crippen LogP contribution < -0.4 is 11.5 Å². The van der Waals surface area contributed by atoms with E-state index in [9.17, 15) is 9.59 Å². The summed E-state index contributed by atoms with van der Waals surface area (Å²) in [6.45, 7) is 1.37. The first-order valence-corrected chi connectivity index (χ1v) is 6.57. The molecule has 1 aliphatic rings. The van der Waals surface area contributed by atoms with Gasteiger partial charge in [-0.1, -0.05) is 30.3 Å². The lowest BCUT2D eigenvalue weighted by Gasteiger charge is -2.34. The summed E-state index contributed by atoms with van der Waals surface area (Å²) >= 11 is 0. The molecule has 0 saturated carbocycles. The molecule has 4 N–H and O–H groups in total. The van der Waals surface area contributed by atoms with Crippen LogP contribution in [-0.4, -0.2) is 42.5 Å². The molecule has 1 aliphatic heterocycles. The summed E-state index contributed by atoms with van der Waals surface area (Å²) in [6.07, 6.45) is -0.290. The predicted octanol–water partition coefficient (Wildman–Crippen LogP) is -0.211. The third-order valence-electron chi connectivity index (χ3n) is 3.29. The van der Waals surface area contributed by atoms with Crippen LogP contribution in [0.2, 0.25) is 0 Å². The first-order valence-electron chi connectivity index (χ1n) is 6.57. The van der Waals surface area contributed by atoms with Gasteiger partial charge in [0.1, 0.15) is 6.10 Å². The fourth-order valence-electron chi connectivity index (χ4n) is 2.26. The molecule has 0 aliphatic carbocycles. The molecule has 1 saturated heterocycles. The van der Waals surface area contributed by atoms with E-state index in [2.05, 4.69) is 0 Å². The van der Waals surface area contributed by atoms with Gasteiger partial charge in [-0.3, -0.25) is 9.59 Å². The number of morpholine rings is 1. The highest BCUT2D eigenvalue weighted by molar-refractivity contribution is 5.87. The van der Waals surface area contributed by atoms with E-state index in [1.807, 2.05) is 30.3 Å². The quantitative estimate of drug-likeness (QED) is 0.795. The van der Waals surface area contributed by atoms with Gasteiger partial charge in [-0.15, -0.1) is 0 Å². The Morgan fingerprint density at radius 3 is 2.70 bits per heavy atom. The molecular weight excluding hydrogens is 258 g/mol. The van der Waals surface area contributed by atoms with Gasteiger partial charge < -0.3 is 21.1 Å². The Hall–Kier alpha value is -1.92. The highest BCUT2D eigenvalue weighted by Gasteiger charge is 2.28. The lowest BCUT2D eigenvalue weighted by atomic mass is 10.1. The molecule has 2 rings (SSSR count). The number of hydrogen-bond acceptors (Lipinski definition) is 4. The highest BCUT2D eigenvalue weighted by Crippen LogP contribution is 2.22. The minimum atomic E-state index is -0.873. The van der Waals surface area contributed by atoms with E-state index in [0.29, 0.717) is 19.7 Å². The van der Waals surface area contributed by atoms with Crippen molar-refractivity contribution >= 4 is 11.8 Å². The Kier molecular flexibility index (Phi) is 4.70. The summed E-state index contributed by atoms with van der Waals surface area (Å²) in [6, 6.07) is 8.83. The Bertz CT molecular complexity index is 478. The van der Waals surface area contributed by atoms with Gasteiger partial charge in [0.15, 0.2) is 0 Å². The van der Waals surface area contributed by atoms with Gasteiger partial charge in [-0.2, -0.15) is 0 Å². The van der Waals surface area contributed by atoms with Gasteiger partial charge in [-0.25, -0.2) is 0 Å². The standard InChI is InChI=1S/C14H19N3O3/c15-11(8-13(16)18)14(19)17-6-7-20-12(9-17)10-4-2-1-3-5-10/h1-5,11-12H,6-9,15H2,(H2,16,18). The fraction of sp³-hybridized carbons (Fsp3) is 0.429. The summed E-state index contributed by atoms with van der Waals surface area (Å²) < 4.78 is 5.68. The molecule has 2 atom stereocenters. The smallest absolute Gasteiger partial charge is 0.240 e. The SMILES string of the molecule is NC(=O)CC(N)C(=O)N1CCOC(c2ccccc2)C1. The van der Waals surface area contributed by atoms with Crippen LogP contribution in [0.4, 0.5) is 0 Å². The zero-order chi connectivity index (χ0) is 14.5. The van der Waals surface area contributed by atoms with Crippen LogP contribution in [0, 0.1) is 0 Å². The number of ether oxygens (including phenoxy) is 1. The van der Waals surface area contributed by atoms with Crippen molar-refractivity contribution in [3.63, 3.8) is 0 Å². The average molecular weight is 277 g/mol. The van der Waals surface area contributed by atoms with Gasteiger partial charge in [0.05, 0.1) is 25.6 Å². The van der Waals surface area contributed by atoms with E-state index in [0.717, 1.165) is 5.56 Å². The van der Waals surface area contributed by atoms with Crippen molar-refractivity contribution in [1.29, 1.82) is 0 Å². The molecule has 6 nitrogen and oxygen atoms in total. The van der Waals surface area contributed by atoms with Gasteiger partial charge in [0.2, 0.25) is 11.8 Å². The maximum Gasteiger partial charge on any atom is 0.240 e. The summed E-state index contributed by atoms with van der Waals surface area (Å²) in [7, 11) is 0. The van der Waals surface area contributed by atoms with Crippen molar-refractivity contribution in [3.05, 3.63) is 35.9 Å². The van der Waals surface area contributed by atoms with Crippen molar-refractivity contribution in [2.24, 2.45) is 11.5 Å². The largest absolute Gasteiger partial charge is 0.370 e. The van der Waals surface area contributed by atoms with Crippen LogP contribution in [0.25, 0.3) is 0 Å². The summed E-state index contributed by atoms with van der Waals surface area (Å²) in [5, 5.41) is 0. The predicted molar refractivity (Wildman–Crippen MR) is 73.5 cm³/mol. The molecule has 1 heterocycles. The summed E-state index contributed by atoms with van der Waals surface area (Å²) in [5.41, 5.74) is 11.8. The maximum absolute atomic E-state index is 12.1. The number of primary amides is 1. The number of hydrogen-bond donors (Lipinski definition) is 2. The molecule has 0 aromatic heterocycles. The number of rotatable bonds is 4. The normalized spacial score (nSPS) is 20.4. The Labute approximate surface area is 117 Å². The second-order valence-corrected chi connectivity index (χ2v) is 4.83. The minimum absolute atomic E-state index is 0.133. The average Bonchev–Trinajstić information content (AvgIpc) is 2.47. The molecular formula is C14H19N3O3. The van der Waals surface area contributed by atoms with Crippen LogP contribution in [0.1, 0.15) is 18.1 Å². The third-order valence-corrected chi connectivity index (χ3v) is 3.29. The molecule has 2 amide bonds. The molecule has 108 valence electrons. The first kappa shape index (κ1) is 14.5. The van der Waals surface area contributed by atoms with Crippen molar-refractivity contribution in [1.82, 2.24) is 4.90 Å². The molecule has 0 spiro atoms. The molecule has 0 radical (unpaired) electrons. The maximum atomic E-state index is 12.1. The van der Waals surface area contributed by atoms with Crippen LogP contribution in [-0.2, 0) is 14.3 Å². The van der Waals surface area contributed by atoms with Crippen molar-refractivity contribution in [3.8, 4) is 0 Å². The second-order valence-electron chi connectivity index (χ2n) is 4.83. The summed E-state index contributed by atoms with van der Waals surface area (Å²) in [4.78, 5) is 24.6. The second kappa shape index (κ2) is 6.49. The van der Waals surface area contributed by atoms with Crippen molar-refractivity contribution in [2.75, 3.05) is 19.7 Å². The number of nitrogens with zero attached hydrogens (tertiary/aromatic N) is 1. The molecule has 1 aromatic rings. The van der Waals surface area contributed by atoms with E-state index in [4.69, 9.17) is 16.2 Å². The van der Waals surface area contributed by atoms with Gasteiger partial charge in [-0.05, 0) is 5.56 Å². The van der Waals surface area contributed by atoms with E-state index in [-0.39, 0.29) is 18.4 Å². The number of carbonyl (C=O) groups excluding carboxylic acids is 2. The Balaban J connectivity index is 2.00. The zero-order valence-electron chi connectivity index (χ0n) is 11.2. The van der Waals surface area contributed by atoms with Crippen LogP contribution in [0.3, 0.4) is 0 Å². The van der Waals surface area contributed by atoms with Crippen LogP contribution in [0.5, 0.6) is 0 Å². The van der Waals surface area contributed by atoms with E-state index < -0.39 is 11.9 Å². The van der Waals surface area contributed by atoms with Crippen molar-refractivity contribution < 1.29 is 14.3 Å². The monoisotopic (exact) mass is 277 g/mol. The molecule has 20 heavy (non-hydrogen) atoms. The van der Waals surface area contributed by atoms with Gasteiger partial charge >= 0.3 is 0 Å².